The van der Waals surface area contributed by atoms with Crippen LogP contribution in [0.4, 0.5) is 5.69 Å². The van der Waals surface area contributed by atoms with Gasteiger partial charge in [0.15, 0.2) is 0 Å². The number of anilines is 1. The summed E-state index contributed by atoms with van der Waals surface area (Å²) in [5.74, 6) is 0.206. The number of carbonyl (C=O) groups is 1. The normalized spacial score (nSPS) is 15.3. The molecular formula is C18H21N3O2. The van der Waals surface area contributed by atoms with Gasteiger partial charge in [0.2, 0.25) is 5.91 Å². The average Bonchev–Trinajstić information content (AvgIpc) is 3.35. The van der Waals surface area contributed by atoms with Crippen molar-refractivity contribution in [2.24, 2.45) is 0 Å². The predicted molar refractivity (Wildman–Crippen MR) is 89.7 cm³/mol. The van der Waals surface area contributed by atoms with Gasteiger partial charge in [0, 0.05) is 17.7 Å². The Balaban J connectivity index is 1.83. The van der Waals surface area contributed by atoms with E-state index in [1.165, 1.54) is 10.7 Å². The van der Waals surface area contributed by atoms with E-state index < -0.39 is 6.04 Å². The molecule has 120 valence electrons. The summed E-state index contributed by atoms with van der Waals surface area (Å²) in [6.07, 6.45) is 2.21. The maximum absolute atomic E-state index is 12.5. The summed E-state index contributed by atoms with van der Waals surface area (Å²) in [4.78, 5) is 24.6. The Labute approximate surface area is 135 Å². The Kier molecular flexibility index (Phi) is 4.03. The molecule has 23 heavy (non-hydrogen) atoms. The summed E-state index contributed by atoms with van der Waals surface area (Å²) in [5, 5.41) is 7.28. The largest absolute Gasteiger partial charge is 0.324 e. The van der Waals surface area contributed by atoms with E-state index in [0.717, 1.165) is 35.3 Å². The number of nitrogens with one attached hydrogen (secondary N) is 1. The lowest BCUT2D eigenvalue weighted by Crippen LogP contribution is -2.33. The van der Waals surface area contributed by atoms with Gasteiger partial charge < -0.3 is 5.32 Å². The molecule has 1 aromatic carbocycles. The Hall–Kier alpha value is -2.43. The van der Waals surface area contributed by atoms with Crippen LogP contribution in [0.5, 0.6) is 0 Å². The van der Waals surface area contributed by atoms with Crippen molar-refractivity contribution in [2.45, 2.75) is 45.6 Å². The lowest BCUT2D eigenvalue weighted by Gasteiger charge is -2.16. The number of rotatable bonds is 4. The first-order valence-corrected chi connectivity index (χ1v) is 7.93. The fourth-order valence-electron chi connectivity index (χ4n) is 2.53. The first kappa shape index (κ1) is 15.5. The summed E-state index contributed by atoms with van der Waals surface area (Å²) in [6.45, 7) is 5.62. The van der Waals surface area contributed by atoms with E-state index in [1.807, 2.05) is 32.0 Å². The van der Waals surface area contributed by atoms with Gasteiger partial charge in [0.25, 0.3) is 5.56 Å². The van der Waals surface area contributed by atoms with Gasteiger partial charge in [-0.3, -0.25) is 9.59 Å². The molecule has 1 atom stereocenters. The van der Waals surface area contributed by atoms with E-state index in [9.17, 15) is 9.59 Å². The lowest BCUT2D eigenvalue weighted by molar-refractivity contribution is -0.119. The maximum Gasteiger partial charge on any atom is 0.267 e. The Morgan fingerprint density at radius 3 is 2.70 bits per heavy atom. The first-order valence-electron chi connectivity index (χ1n) is 7.93. The zero-order valence-electron chi connectivity index (χ0n) is 13.7. The van der Waals surface area contributed by atoms with Crippen molar-refractivity contribution in [1.82, 2.24) is 9.78 Å². The summed E-state index contributed by atoms with van der Waals surface area (Å²) in [5.41, 5.74) is 3.48. The van der Waals surface area contributed by atoms with Crippen molar-refractivity contribution in [3.05, 3.63) is 57.5 Å². The van der Waals surface area contributed by atoms with E-state index in [2.05, 4.69) is 10.4 Å². The molecule has 1 N–H and O–H groups in total. The Morgan fingerprint density at radius 1 is 1.26 bits per heavy atom. The van der Waals surface area contributed by atoms with Gasteiger partial charge in [0.1, 0.15) is 6.04 Å². The third-order valence-electron chi connectivity index (χ3n) is 4.24. The SMILES string of the molecule is Cc1ccc(C)c(NC(=O)C(C)n2nc(C3CC3)ccc2=O)c1. The molecule has 3 rings (SSSR count). The van der Waals surface area contributed by atoms with Crippen molar-refractivity contribution in [1.29, 1.82) is 0 Å². The summed E-state index contributed by atoms with van der Waals surface area (Å²) in [6, 6.07) is 8.51. The molecular weight excluding hydrogens is 290 g/mol. The van der Waals surface area contributed by atoms with Crippen LogP contribution < -0.4 is 10.9 Å². The van der Waals surface area contributed by atoms with Crippen molar-refractivity contribution in [3.8, 4) is 0 Å². The highest BCUT2D eigenvalue weighted by molar-refractivity contribution is 5.94. The van der Waals surface area contributed by atoms with Gasteiger partial charge in [-0.05, 0) is 56.9 Å². The molecule has 0 radical (unpaired) electrons. The van der Waals surface area contributed by atoms with Crippen LogP contribution in [-0.4, -0.2) is 15.7 Å². The zero-order chi connectivity index (χ0) is 16.6. The second-order valence-corrected chi connectivity index (χ2v) is 6.30. The molecule has 0 saturated heterocycles. The fourth-order valence-corrected chi connectivity index (χ4v) is 2.53. The van der Waals surface area contributed by atoms with Crippen molar-refractivity contribution >= 4 is 11.6 Å². The van der Waals surface area contributed by atoms with Crippen LogP contribution in [-0.2, 0) is 4.79 Å². The number of amides is 1. The molecule has 0 bridgehead atoms. The monoisotopic (exact) mass is 311 g/mol. The van der Waals surface area contributed by atoms with Crippen molar-refractivity contribution < 1.29 is 4.79 Å². The summed E-state index contributed by atoms with van der Waals surface area (Å²) < 4.78 is 1.29. The topological polar surface area (TPSA) is 64.0 Å². The molecule has 1 aromatic heterocycles. The number of hydrogen-bond acceptors (Lipinski definition) is 3. The third kappa shape index (κ3) is 3.33. The molecule has 1 heterocycles. The Bertz CT molecular complexity index is 806. The molecule has 2 aromatic rings. The second-order valence-electron chi connectivity index (χ2n) is 6.30. The van der Waals surface area contributed by atoms with Crippen LogP contribution in [0.25, 0.3) is 0 Å². The predicted octanol–water partition coefficient (Wildman–Crippen LogP) is 2.94. The number of nitrogens with zero attached hydrogens (tertiary/aromatic N) is 2. The van der Waals surface area contributed by atoms with Crippen LogP contribution >= 0.6 is 0 Å². The molecule has 1 fully saturated rings. The maximum atomic E-state index is 12.5. The molecule has 1 aliphatic carbocycles. The number of aryl methyl sites for hydroxylation is 2. The molecule has 0 spiro atoms. The molecule has 0 aliphatic heterocycles. The number of benzene rings is 1. The Morgan fingerprint density at radius 2 is 2.00 bits per heavy atom. The fraction of sp³-hybridized carbons (Fsp3) is 0.389. The van der Waals surface area contributed by atoms with Gasteiger partial charge in [-0.2, -0.15) is 5.10 Å². The van der Waals surface area contributed by atoms with Crippen molar-refractivity contribution in [2.75, 3.05) is 5.32 Å². The molecule has 1 aliphatic rings. The highest BCUT2D eigenvalue weighted by atomic mass is 16.2. The van der Waals surface area contributed by atoms with Crippen LogP contribution in [0.1, 0.15) is 48.5 Å². The minimum atomic E-state index is -0.652. The standard InChI is InChI=1S/C18H21N3O2/c1-11-4-5-12(2)16(10-11)19-18(23)13(3)21-17(22)9-8-15(20-21)14-6-7-14/h4-5,8-10,13-14H,6-7H2,1-3H3,(H,19,23). The van der Waals surface area contributed by atoms with E-state index in [1.54, 1.807) is 13.0 Å². The van der Waals surface area contributed by atoms with Crippen LogP contribution in [0.15, 0.2) is 35.1 Å². The van der Waals surface area contributed by atoms with Gasteiger partial charge >= 0.3 is 0 Å². The third-order valence-corrected chi connectivity index (χ3v) is 4.24. The molecule has 1 amide bonds. The van der Waals surface area contributed by atoms with Gasteiger partial charge in [0.05, 0.1) is 5.69 Å². The molecule has 5 heteroatoms. The summed E-state index contributed by atoms with van der Waals surface area (Å²) >= 11 is 0. The number of aromatic nitrogens is 2. The van der Waals surface area contributed by atoms with Crippen LogP contribution in [0, 0.1) is 13.8 Å². The lowest BCUT2D eigenvalue weighted by atomic mass is 10.1. The average molecular weight is 311 g/mol. The van der Waals surface area contributed by atoms with E-state index >= 15 is 0 Å². The molecule has 1 saturated carbocycles. The minimum Gasteiger partial charge on any atom is -0.324 e. The summed E-state index contributed by atoms with van der Waals surface area (Å²) in [7, 11) is 0. The number of carbonyl (C=O) groups excluding carboxylic acids is 1. The van der Waals surface area contributed by atoms with Gasteiger partial charge in [-0.15, -0.1) is 0 Å². The minimum absolute atomic E-state index is 0.235. The second kappa shape index (κ2) is 5.99. The van der Waals surface area contributed by atoms with E-state index in [-0.39, 0.29) is 11.5 Å². The zero-order valence-corrected chi connectivity index (χ0v) is 13.7. The highest BCUT2D eigenvalue weighted by Crippen LogP contribution is 2.38. The van der Waals surface area contributed by atoms with E-state index in [0.29, 0.717) is 5.92 Å². The van der Waals surface area contributed by atoms with Crippen LogP contribution in [0.2, 0.25) is 0 Å². The molecule has 1 unspecified atom stereocenters. The quantitative estimate of drug-likeness (QED) is 0.944. The molecule has 5 nitrogen and oxygen atoms in total. The number of hydrogen-bond donors (Lipinski definition) is 1. The van der Waals surface area contributed by atoms with Crippen molar-refractivity contribution in [3.63, 3.8) is 0 Å². The van der Waals surface area contributed by atoms with E-state index in [4.69, 9.17) is 0 Å². The first-order chi connectivity index (χ1) is 11.0. The highest BCUT2D eigenvalue weighted by Gasteiger charge is 2.27. The van der Waals surface area contributed by atoms with Crippen LogP contribution in [0.3, 0.4) is 0 Å². The smallest absolute Gasteiger partial charge is 0.267 e. The van der Waals surface area contributed by atoms with Gasteiger partial charge in [-0.25, -0.2) is 4.68 Å². The van der Waals surface area contributed by atoms with Gasteiger partial charge in [-0.1, -0.05) is 12.1 Å².